The van der Waals surface area contributed by atoms with E-state index >= 15 is 0 Å². The van der Waals surface area contributed by atoms with Crippen molar-refractivity contribution in [3.8, 4) is 0 Å². The zero-order chi connectivity index (χ0) is 13.5. The molecule has 0 unspecified atom stereocenters. The lowest BCUT2D eigenvalue weighted by molar-refractivity contribution is -0.0138. The second kappa shape index (κ2) is 4.16. The van der Waals surface area contributed by atoms with Crippen molar-refractivity contribution in [1.29, 1.82) is 0 Å². The van der Waals surface area contributed by atoms with Gasteiger partial charge < -0.3 is 0 Å². The summed E-state index contributed by atoms with van der Waals surface area (Å²) in [6, 6.07) is 6.02. The van der Waals surface area contributed by atoms with Crippen LogP contribution in [0.1, 0.15) is 20.7 Å². The summed E-state index contributed by atoms with van der Waals surface area (Å²) in [4.78, 5) is 23.6. The number of hydrogen-bond acceptors (Lipinski definition) is 5. The molecule has 2 amide bonds. The zero-order valence-electron chi connectivity index (χ0n) is 9.65. The van der Waals surface area contributed by atoms with Gasteiger partial charge in [-0.1, -0.05) is 12.1 Å². The van der Waals surface area contributed by atoms with Gasteiger partial charge in [-0.3, -0.25) is 9.59 Å². The number of imide groups is 1. The molecule has 0 bridgehead atoms. The highest BCUT2D eigenvalue weighted by Crippen LogP contribution is 2.23. The van der Waals surface area contributed by atoms with E-state index in [1.807, 2.05) is 0 Å². The average molecular weight is 270 g/mol. The Morgan fingerprint density at radius 3 is 1.89 bits per heavy atom. The van der Waals surface area contributed by atoms with Crippen LogP contribution >= 0.6 is 0 Å². The third kappa shape index (κ3) is 1.90. The molecule has 0 radical (unpaired) electrons. The second-order valence-electron chi connectivity index (χ2n) is 3.76. The van der Waals surface area contributed by atoms with Crippen molar-refractivity contribution in [3.05, 3.63) is 35.4 Å². The van der Waals surface area contributed by atoms with E-state index in [2.05, 4.69) is 4.28 Å². The first-order valence-electron chi connectivity index (χ1n) is 4.94. The van der Waals surface area contributed by atoms with Crippen molar-refractivity contribution >= 4 is 22.1 Å². The van der Waals surface area contributed by atoms with Gasteiger partial charge in [0.2, 0.25) is 0 Å². The fraction of sp³-hybridized carbons (Fsp3) is 0.200. The van der Waals surface area contributed by atoms with Crippen LogP contribution in [0.15, 0.2) is 24.3 Å². The normalized spacial score (nSPS) is 15.4. The number of hydroxylamine groups is 2. The molecule has 1 aliphatic heterocycles. The van der Waals surface area contributed by atoms with Gasteiger partial charge in [-0.2, -0.15) is 12.7 Å². The number of hydrogen-bond donors (Lipinski definition) is 0. The van der Waals surface area contributed by atoms with Crippen LogP contribution in [0.2, 0.25) is 0 Å². The zero-order valence-corrected chi connectivity index (χ0v) is 10.5. The molecular formula is C10H10N2O5S. The Hall–Kier alpha value is -1.77. The highest BCUT2D eigenvalue weighted by atomic mass is 32.2. The van der Waals surface area contributed by atoms with Crippen molar-refractivity contribution < 1.29 is 22.3 Å². The number of rotatable bonds is 3. The maximum Gasteiger partial charge on any atom is 0.359 e. The van der Waals surface area contributed by atoms with Crippen molar-refractivity contribution in [1.82, 2.24) is 9.37 Å². The molecule has 1 aliphatic rings. The number of amides is 2. The molecule has 1 aromatic rings. The average Bonchev–Trinajstić information content (AvgIpc) is 2.55. The summed E-state index contributed by atoms with van der Waals surface area (Å²) in [5.41, 5.74) is 0.243. The topological polar surface area (TPSA) is 84.0 Å². The van der Waals surface area contributed by atoms with Crippen molar-refractivity contribution in [2.45, 2.75) is 0 Å². The molecule has 1 aromatic carbocycles. The van der Waals surface area contributed by atoms with Crippen molar-refractivity contribution in [3.63, 3.8) is 0 Å². The van der Waals surface area contributed by atoms with E-state index in [0.29, 0.717) is 0 Å². The van der Waals surface area contributed by atoms with E-state index < -0.39 is 22.1 Å². The Bertz CT molecular complexity index is 588. The van der Waals surface area contributed by atoms with Crippen LogP contribution in [0.4, 0.5) is 0 Å². The lowest BCUT2D eigenvalue weighted by Crippen LogP contribution is -2.37. The van der Waals surface area contributed by atoms with Crippen molar-refractivity contribution in [2.75, 3.05) is 14.1 Å². The molecule has 0 aromatic heterocycles. The highest BCUT2D eigenvalue weighted by molar-refractivity contribution is 7.84. The third-order valence-electron chi connectivity index (χ3n) is 2.37. The first-order valence-corrected chi connectivity index (χ1v) is 6.31. The molecule has 0 saturated carbocycles. The Morgan fingerprint density at radius 1 is 1.06 bits per heavy atom. The smallest absolute Gasteiger partial charge is 0.266 e. The first-order chi connectivity index (χ1) is 8.34. The Balaban J connectivity index is 2.36. The molecule has 0 N–H and O–H groups in total. The standard InChI is InChI=1S/C10H10N2O5S/c1-11(2)18(15,16)17-12-9(13)7-5-3-4-6-8(7)10(12)14/h3-6H,1-2H3. The van der Waals surface area contributed by atoms with Crippen LogP contribution in [0.25, 0.3) is 0 Å². The van der Waals surface area contributed by atoms with Crippen LogP contribution < -0.4 is 0 Å². The van der Waals surface area contributed by atoms with E-state index in [1.54, 1.807) is 12.1 Å². The van der Waals surface area contributed by atoms with Gasteiger partial charge in [0, 0.05) is 14.1 Å². The molecule has 0 spiro atoms. The van der Waals surface area contributed by atoms with Gasteiger partial charge in [0.15, 0.2) is 0 Å². The summed E-state index contributed by atoms with van der Waals surface area (Å²) in [5, 5.41) is 0.250. The fourth-order valence-corrected chi connectivity index (χ4v) is 1.85. The van der Waals surface area contributed by atoms with Crippen LogP contribution in [0.5, 0.6) is 0 Å². The minimum Gasteiger partial charge on any atom is -0.266 e. The van der Waals surface area contributed by atoms with Gasteiger partial charge in [0.05, 0.1) is 11.1 Å². The van der Waals surface area contributed by atoms with Gasteiger partial charge in [-0.25, -0.2) is 0 Å². The summed E-state index contributed by atoms with van der Waals surface area (Å²) in [6.45, 7) is 0. The molecule has 0 aliphatic carbocycles. The maximum atomic E-state index is 11.8. The minimum atomic E-state index is -4.15. The number of carbonyl (C=O) groups is 2. The van der Waals surface area contributed by atoms with Gasteiger partial charge >= 0.3 is 10.3 Å². The van der Waals surface area contributed by atoms with Gasteiger partial charge in [0.25, 0.3) is 11.8 Å². The lowest BCUT2D eigenvalue weighted by Gasteiger charge is -2.16. The molecule has 2 rings (SSSR count). The van der Waals surface area contributed by atoms with Crippen molar-refractivity contribution in [2.24, 2.45) is 0 Å². The summed E-state index contributed by atoms with van der Waals surface area (Å²) in [7, 11) is -1.69. The predicted octanol–water partition coefficient (Wildman–Crippen LogP) is 0.0206. The monoisotopic (exact) mass is 270 g/mol. The van der Waals surface area contributed by atoms with E-state index in [9.17, 15) is 18.0 Å². The van der Waals surface area contributed by atoms with E-state index in [1.165, 1.54) is 26.2 Å². The van der Waals surface area contributed by atoms with E-state index in [-0.39, 0.29) is 16.2 Å². The quantitative estimate of drug-likeness (QED) is 0.723. The largest absolute Gasteiger partial charge is 0.359 e. The van der Waals surface area contributed by atoms with Gasteiger partial charge in [-0.05, 0) is 12.1 Å². The molecule has 0 fully saturated rings. The summed E-state index contributed by atoms with van der Waals surface area (Å²) in [5.74, 6) is -1.58. The SMILES string of the molecule is CN(C)S(=O)(=O)ON1C(=O)c2ccccc2C1=O. The van der Waals surface area contributed by atoms with E-state index in [0.717, 1.165) is 4.31 Å². The Morgan fingerprint density at radius 2 is 1.50 bits per heavy atom. The van der Waals surface area contributed by atoms with E-state index in [4.69, 9.17) is 0 Å². The summed E-state index contributed by atoms with van der Waals surface area (Å²) < 4.78 is 28.2. The third-order valence-corrected chi connectivity index (χ3v) is 3.60. The fourth-order valence-electron chi connectivity index (χ4n) is 1.40. The first kappa shape index (κ1) is 12.7. The van der Waals surface area contributed by atoms with Crippen LogP contribution in [0.3, 0.4) is 0 Å². The minimum absolute atomic E-state index is 0.122. The Kier molecular flexibility index (Phi) is 2.93. The molecule has 0 atom stereocenters. The van der Waals surface area contributed by atoms with Gasteiger partial charge in [0.1, 0.15) is 0 Å². The molecule has 96 valence electrons. The number of benzene rings is 1. The summed E-state index contributed by atoms with van der Waals surface area (Å²) >= 11 is 0. The maximum absolute atomic E-state index is 11.8. The number of carbonyl (C=O) groups excluding carboxylic acids is 2. The number of fused-ring (bicyclic) bond motifs is 1. The predicted molar refractivity (Wildman–Crippen MR) is 60.6 cm³/mol. The highest BCUT2D eigenvalue weighted by Gasteiger charge is 2.39. The van der Waals surface area contributed by atoms with Crippen LogP contribution in [0, 0.1) is 0 Å². The molecule has 7 nitrogen and oxygen atoms in total. The second-order valence-corrected chi connectivity index (χ2v) is 5.50. The lowest BCUT2D eigenvalue weighted by atomic mass is 10.1. The van der Waals surface area contributed by atoms with Crippen LogP contribution in [-0.2, 0) is 14.6 Å². The van der Waals surface area contributed by atoms with Crippen LogP contribution in [-0.4, -0.2) is 43.7 Å². The number of nitrogens with zero attached hydrogens (tertiary/aromatic N) is 2. The molecule has 0 saturated heterocycles. The molecular weight excluding hydrogens is 260 g/mol. The van der Waals surface area contributed by atoms with Gasteiger partial charge in [-0.15, -0.1) is 9.35 Å². The molecule has 1 heterocycles. The summed E-state index contributed by atoms with van der Waals surface area (Å²) in [6.07, 6.45) is 0. The molecule has 8 heteroatoms. The Labute approximate surface area is 104 Å². The molecule has 18 heavy (non-hydrogen) atoms.